The van der Waals surface area contributed by atoms with Crippen molar-refractivity contribution in [2.75, 3.05) is 6.54 Å². The normalized spacial score (nSPS) is 10.4. The highest BCUT2D eigenvalue weighted by Gasteiger charge is 2.13. The molecule has 2 aromatic carbocycles. The molecule has 0 atom stereocenters. The molecular formula is C19H16ClN3O4. The number of nitrogens with zero attached hydrogens (tertiary/aromatic N) is 2. The molecule has 1 aromatic heterocycles. The highest BCUT2D eigenvalue weighted by Crippen LogP contribution is 2.18. The van der Waals surface area contributed by atoms with E-state index >= 15 is 0 Å². The highest BCUT2D eigenvalue weighted by atomic mass is 35.5. The fraction of sp³-hybridized carbons (Fsp3) is 0.158. The van der Waals surface area contributed by atoms with Crippen LogP contribution in [0.25, 0.3) is 11.4 Å². The van der Waals surface area contributed by atoms with Gasteiger partial charge in [0.25, 0.3) is 11.8 Å². The second kappa shape index (κ2) is 8.46. The van der Waals surface area contributed by atoms with Crippen LogP contribution in [-0.2, 0) is 16.1 Å². The molecule has 0 bridgehead atoms. The SMILES string of the molecule is Cc1cccc(C(=O)NCC(=O)OCc2nc(-c3ccc(Cl)cc3)no2)c1. The number of esters is 1. The Morgan fingerprint density at radius 2 is 1.96 bits per heavy atom. The molecular weight excluding hydrogens is 370 g/mol. The van der Waals surface area contributed by atoms with Crippen molar-refractivity contribution >= 4 is 23.5 Å². The fourth-order valence-electron chi connectivity index (χ4n) is 2.26. The Kier molecular flexibility index (Phi) is 5.83. The van der Waals surface area contributed by atoms with E-state index in [1.807, 2.05) is 13.0 Å². The number of hydrogen-bond donors (Lipinski definition) is 1. The number of halogens is 1. The molecule has 0 aliphatic rings. The van der Waals surface area contributed by atoms with Crippen LogP contribution in [0.5, 0.6) is 0 Å². The lowest BCUT2D eigenvalue weighted by Gasteiger charge is -2.05. The monoisotopic (exact) mass is 385 g/mol. The molecule has 3 rings (SSSR count). The van der Waals surface area contributed by atoms with Gasteiger partial charge in [-0.25, -0.2) is 0 Å². The van der Waals surface area contributed by atoms with Crippen LogP contribution < -0.4 is 5.32 Å². The first-order valence-electron chi connectivity index (χ1n) is 8.10. The predicted molar refractivity (Wildman–Crippen MR) is 98.1 cm³/mol. The number of hydrogen-bond acceptors (Lipinski definition) is 6. The lowest BCUT2D eigenvalue weighted by Crippen LogP contribution is -2.30. The summed E-state index contributed by atoms with van der Waals surface area (Å²) in [7, 11) is 0. The van der Waals surface area contributed by atoms with Crippen LogP contribution in [0.4, 0.5) is 0 Å². The van der Waals surface area contributed by atoms with E-state index in [4.69, 9.17) is 20.9 Å². The third-order valence-electron chi connectivity index (χ3n) is 3.60. The molecule has 0 spiro atoms. The number of amides is 1. The van der Waals surface area contributed by atoms with Gasteiger partial charge in [0.05, 0.1) is 0 Å². The average molecular weight is 386 g/mol. The zero-order valence-corrected chi connectivity index (χ0v) is 15.2. The molecule has 1 amide bonds. The summed E-state index contributed by atoms with van der Waals surface area (Å²) in [5, 5.41) is 6.93. The van der Waals surface area contributed by atoms with Crippen molar-refractivity contribution in [2.24, 2.45) is 0 Å². The van der Waals surface area contributed by atoms with Gasteiger partial charge in [-0.05, 0) is 43.3 Å². The van der Waals surface area contributed by atoms with Gasteiger partial charge in [-0.3, -0.25) is 9.59 Å². The molecule has 138 valence electrons. The Bertz CT molecular complexity index is 954. The molecule has 0 unspecified atom stereocenters. The average Bonchev–Trinajstić information content (AvgIpc) is 3.14. The zero-order valence-electron chi connectivity index (χ0n) is 14.4. The van der Waals surface area contributed by atoms with E-state index in [2.05, 4.69) is 15.5 Å². The summed E-state index contributed by atoms with van der Waals surface area (Å²) >= 11 is 5.84. The largest absolute Gasteiger partial charge is 0.454 e. The number of ether oxygens (including phenoxy) is 1. The molecule has 3 aromatic rings. The molecule has 1 N–H and O–H groups in total. The van der Waals surface area contributed by atoms with E-state index in [9.17, 15) is 9.59 Å². The van der Waals surface area contributed by atoms with E-state index in [0.29, 0.717) is 16.4 Å². The summed E-state index contributed by atoms with van der Waals surface area (Å²) in [6, 6.07) is 14.0. The van der Waals surface area contributed by atoms with E-state index < -0.39 is 5.97 Å². The lowest BCUT2D eigenvalue weighted by molar-refractivity contribution is -0.144. The molecule has 27 heavy (non-hydrogen) atoms. The molecule has 0 aliphatic heterocycles. The molecule has 7 nitrogen and oxygen atoms in total. The number of aryl methyl sites for hydroxylation is 1. The van der Waals surface area contributed by atoms with Crippen LogP contribution in [-0.4, -0.2) is 28.6 Å². The first-order chi connectivity index (χ1) is 13.0. The number of benzene rings is 2. The van der Waals surface area contributed by atoms with Gasteiger partial charge in [-0.15, -0.1) is 0 Å². The van der Waals surface area contributed by atoms with Crippen molar-refractivity contribution in [3.63, 3.8) is 0 Å². The number of carbonyl (C=O) groups is 2. The number of rotatable bonds is 6. The Hall–Kier alpha value is -3.19. The first-order valence-corrected chi connectivity index (χ1v) is 8.48. The Balaban J connectivity index is 1.48. The molecule has 1 heterocycles. The quantitative estimate of drug-likeness (QED) is 0.655. The Morgan fingerprint density at radius 1 is 1.19 bits per heavy atom. The lowest BCUT2D eigenvalue weighted by atomic mass is 10.1. The van der Waals surface area contributed by atoms with Gasteiger partial charge in [-0.1, -0.05) is 34.5 Å². The van der Waals surface area contributed by atoms with Crippen molar-refractivity contribution in [3.05, 3.63) is 70.6 Å². The maximum Gasteiger partial charge on any atom is 0.325 e. The summed E-state index contributed by atoms with van der Waals surface area (Å²) in [4.78, 5) is 27.9. The molecule has 8 heteroatoms. The second-order valence-corrected chi connectivity index (χ2v) is 6.17. The minimum absolute atomic E-state index is 0.151. The van der Waals surface area contributed by atoms with E-state index in [1.54, 1.807) is 42.5 Å². The third-order valence-corrected chi connectivity index (χ3v) is 3.85. The molecule has 0 saturated carbocycles. The van der Waals surface area contributed by atoms with Gasteiger partial charge in [-0.2, -0.15) is 4.98 Å². The van der Waals surface area contributed by atoms with Gasteiger partial charge >= 0.3 is 5.97 Å². The smallest absolute Gasteiger partial charge is 0.325 e. The highest BCUT2D eigenvalue weighted by molar-refractivity contribution is 6.30. The Labute approximate surface area is 160 Å². The maximum absolute atomic E-state index is 12.0. The van der Waals surface area contributed by atoms with Crippen LogP contribution in [0, 0.1) is 6.92 Å². The van der Waals surface area contributed by atoms with Crippen molar-refractivity contribution in [2.45, 2.75) is 13.5 Å². The maximum atomic E-state index is 12.0. The van der Waals surface area contributed by atoms with Crippen LogP contribution in [0.3, 0.4) is 0 Å². The van der Waals surface area contributed by atoms with Crippen LogP contribution in [0.15, 0.2) is 53.1 Å². The van der Waals surface area contributed by atoms with Gasteiger partial charge in [0.2, 0.25) is 5.82 Å². The summed E-state index contributed by atoms with van der Waals surface area (Å²) in [6.07, 6.45) is 0. The number of carbonyl (C=O) groups excluding carboxylic acids is 2. The van der Waals surface area contributed by atoms with Gasteiger partial charge in [0.15, 0.2) is 6.61 Å². The van der Waals surface area contributed by atoms with Crippen LogP contribution in [0.2, 0.25) is 5.02 Å². The first kappa shape index (κ1) is 18.6. The van der Waals surface area contributed by atoms with Crippen LogP contribution in [0.1, 0.15) is 21.8 Å². The van der Waals surface area contributed by atoms with Crippen molar-refractivity contribution in [1.29, 1.82) is 0 Å². The number of aromatic nitrogens is 2. The summed E-state index contributed by atoms with van der Waals surface area (Å²) < 4.78 is 10.1. The minimum Gasteiger partial charge on any atom is -0.454 e. The van der Waals surface area contributed by atoms with Gasteiger partial charge in [0, 0.05) is 16.1 Å². The third kappa shape index (κ3) is 5.15. The molecule has 0 fully saturated rings. The topological polar surface area (TPSA) is 94.3 Å². The molecule has 0 radical (unpaired) electrons. The molecule has 0 aliphatic carbocycles. The van der Waals surface area contributed by atoms with Crippen molar-refractivity contribution in [3.8, 4) is 11.4 Å². The summed E-state index contributed by atoms with van der Waals surface area (Å²) in [6.45, 7) is 1.44. The predicted octanol–water partition coefficient (Wildman–Crippen LogP) is 3.17. The Morgan fingerprint density at radius 3 is 2.70 bits per heavy atom. The minimum atomic E-state index is -0.609. The van der Waals surface area contributed by atoms with Crippen LogP contribution >= 0.6 is 11.6 Å². The molecule has 0 saturated heterocycles. The number of nitrogens with one attached hydrogen (secondary N) is 1. The van der Waals surface area contributed by atoms with E-state index in [0.717, 1.165) is 11.1 Å². The standard InChI is InChI=1S/C19H16ClN3O4/c1-12-3-2-4-14(9-12)19(25)21-10-17(24)26-11-16-22-18(23-27-16)13-5-7-15(20)8-6-13/h2-9H,10-11H2,1H3,(H,21,25). The van der Waals surface area contributed by atoms with Gasteiger partial charge < -0.3 is 14.6 Å². The summed E-state index contributed by atoms with van der Waals surface area (Å²) in [5.74, 6) is -0.440. The fourth-order valence-corrected chi connectivity index (χ4v) is 2.39. The zero-order chi connectivity index (χ0) is 19.2. The van der Waals surface area contributed by atoms with Crippen molar-refractivity contribution < 1.29 is 18.8 Å². The second-order valence-electron chi connectivity index (χ2n) is 5.73. The van der Waals surface area contributed by atoms with E-state index in [1.165, 1.54) is 0 Å². The van der Waals surface area contributed by atoms with Gasteiger partial charge in [0.1, 0.15) is 6.54 Å². The van der Waals surface area contributed by atoms with E-state index in [-0.39, 0.29) is 24.9 Å². The van der Waals surface area contributed by atoms with Crippen molar-refractivity contribution in [1.82, 2.24) is 15.5 Å². The summed E-state index contributed by atoms with van der Waals surface area (Å²) in [5.41, 5.74) is 2.16.